The average Bonchev–Trinajstić information content (AvgIpc) is 2.97. The van der Waals surface area contributed by atoms with Crippen molar-refractivity contribution < 1.29 is 9.72 Å². The predicted molar refractivity (Wildman–Crippen MR) is 126 cm³/mol. The second-order valence-electron chi connectivity index (χ2n) is 8.08. The number of carbonyl (C=O) groups excluding carboxylic acids is 1. The maximum atomic E-state index is 12.9. The second kappa shape index (κ2) is 8.24. The lowest BCUT2D eigenvalue weighted by molar-refractivity contribution is -0.384. The smallest absolute Gasteiger partial charge is 0.270 e. The Hall–Kier alpha value is -4.44. The van der Waals surface area contributed by atoms with Crippen LogP contribution in [0.1, 0.15) is 39.9 Å². The highest BCUT2D eigenvalue weighted by Gasteiger charge is 2.27. The fourth-order valence-electron chi connectivity index (χ4n) is 4.70. The zero-order valence-electron chi connectivity index (χ0n) is 17.7. The van der Waals surface area contributed by atoms with Gasteiger partial charge in [0.25, 0.3) is 11.6 Å². The Morgan fingerprint density at radius 1 is 0.939 bits per heavy atom. The first-order valence-electron chi connectivity index (χ1n) is 10.7. The molecule has 0 radical (unpaired) electrons. The minimum absolute atomic E-state index is 0.0843. The van der Waals surface area contributed by atoms with Gasteiger partial charge in [-0.3, -0.25) is 14.9 Å². The van der Waals surface area contributed by atoms with Crippen LogP contribution in [0.25, 0.3) is 5.57 Å². The van der Waals surface area contributed by atoms with E-state index in [1.807, 2.05) is 48.5 Å². The van der Waals surface area contributed by atoms with Crippen molar-refractivity contribution in [1.82, 2.24) is 0 Å². The molecule has 3 aromatic carbocycles. The molecule has 162 valence electrons. The van der Waals surface area contributed by atoms with Gasteiger partial charge in [0, 0.05) is 42.0 Å². The minimum Gasteiger partial charge on any atom is -0.370 e. The Kier molecular flexibility index (Phi) is 5.11. The number of nitrogens with one attached hydrogen (secondary N) is 1. The maximum Gasteiger partial charge on any atom is 0.270 e. The molecule has 2 aliphatic rings. The van der Waals surface area contributed by atoms with Gasteiger partial charge >= 0.3 is 0 Å². The van der Waals surface area contributed by atoms with E-state index in [4.69, 9.17) is 0 Å². The van der Waals surface area contributed by atoms with Gasteiger partial charge in [-0.1, -0.05) is 42.0 Å². The summed E-state index contributed by atoms with van der Waals surface area (Å²) in [5.41, 5.74) is 6.66. The number of nitrogens with zero attached hydrogens (tertiary/aromatic N) is 3. The summed E-state index contributed by atoms with van der Waals surface area (Å²) in [6.07, 6.45) is 1.52. The van der Waals surface area contributed by atoms with E-state index in [0.717, 1.165) is 35.2 Å². The highest BCUT2D eigenvalue weighted by atomic mass is 16.6. The Bertz CT molecular complexity index is 1360. The Balaban J connectivity index is 1.54. The number of non-ortho nitro benzene ring substituents is 1. The molecule has 5 rings (SSSR count). The molecule has 1 fully saturated rings. The number of fused-ring (bicyclic) bond motifs is 2. The predicted octanol–water partition coefficient (Wildman–Crippen LogP) is 5.13. The number of benzene rings is 3. The summed E-state index contributed by atoms with van der Waals surface area (Å²) >= 11 is 0. The van der Waals surface area contributed by atoms with Crippen LogP contribution < -0.4 is 10.2 Å². The first-order chi connectivity index (χ1) is 16.1. The van der Waals surface area contributed by atoms with Gasteiger partial charge in [-0.2, -0.15) is 5.26 Å². The number of nitro groups is 1. The first-order valence-corrected chi connectivity index (χ1v) is 10.7. The van der Waals surface area contributed by atoms with Crippen LogP contribution in [0.5, 0.6) is 0 Å². The van der Waals surface area contributed by atoms with E-state index in [-0.39, 0.29) is 11.6 Å². The van der Waals surface area contributed by atoms with Crippen molar-refractivity contribution >= 4 is 28.5 Å². The van der Waals surface area contributed by atoms with Crippen LogP contribution in [0.15, 0.2) is 72.3 Å². The lowest BCUT2D eigenvalue weighted by atomic mass is 9.86. The SMILES string of the molecule is N#Cc1cc([N+](=O)[O-])ccc1N1CCC(=C2c3ccccc3NC(=O)c3ccccc32)CC1. The number of carbonyl (C=O) groups is 1. The molecule has 0 aromatic heterocycles. The molecule has 0 atom stereocenters. The van der Waals surface area contributed by atoms with E-state index in [9.17, 15) is 20.2 Å². The number of nitriles is 1. The van der Waals surface area contributed by atoms with Crippen LogP contribution >= 0.6 is 0 Å². The van der Waals surface area contributed by atoms with Crippen LogP contribution in [0.2, 0.25) is 0 Å². The molecule has 33 heavy (non-hydrogen) atoms. The van der Waals surface area contributed by atoms with Crippen molar-refractivity contribution in [2.75, 3.05) is 23.3 Å². The van der Waals surface area contributed by atoms with E-state index < -0.39 is 4.92 Å². The van der Waals surface area contributed by atoms with Crippen molar-refractivity contribution in [3.8, 4) is 6.07 Å². The van der Waals surface area contributed by atoms with Crippen molar-refractivity contribution in [3.05, 3.63) is 105 Å². The van der Waals surface area contributed by atoms with Gasteiger partial charge in [0.1, 0.15) is 6.07 Å². The standard InChI is InChI=1S/C26H20N4O3/c27-16-18-15-19(30(32)33)9-10-24(18)29-13-11-17(12-14-29)25-20-5-1-2-6-21(20)26(31)28-23-8-4-3-7-22(23)25/h1-10,15H,11-14H2,(H,28,31). The van der Waals surface area contributed by atoms with E-state index in [2.05, 4.69) is 16.3 Å². The Labute approximate surface area is 190 Å². The minimum atomic E-state index is -0.486. The monoisotopic (exact) mass is 436 g/mol. The number of nitro benzene ring substituents is 1. The van der Waals surface area contributed by atoms with Crippen LogP contribution in [0, 0.1) is 21.4 Å². The molecule has 1 saturated heterocycles. The maximum absolute atomic E-state index is 12.9. The largest absolute Gasteiger partial charge is 0.370 e. The fraction of sp³-hybridized carbons (Fsp3) is 0.154. The molecule has 7 heteroatoms. The third kappa shape index (κ3) is 3.62. The molecule has 0 bridgehead atoms. The van der Waals surface area contributed by atoms with Gasteiger partial charge < -0.3 is 10.2 Å². The third-order valence-corrected chi connectivity index (χ3v) is 6.26. The molecular formula is C26H20N4O3. The van der Waals surface area contributed by atoms with Crippen LogP contribution in [-0.4, -0.2) is 23.9 Å². The van der Waals surface area contributed by atoms with E-state index in [0.29, 0.717) is 29.9 Å². The number of amides is 1. The van der Waals surface area contributed by atoms with Crippen molar-refractivity contribution in [1.29, 1.82) is 5.26 Å². The van der Waals surface area contributed by atoms with Crippen molar-refractivity contribution in [2.45, 2.75) is 12.8 Å². The molecule has 0 spiro atoms. The number of para-hydroxylation sites is 1. The zero-order valence-corrected chi connectivity index (χ0v) is 17.7. The molecule has 0 unspecified atom stereocenters. The molecule has 0 saturated carbocycles. The Morgan fingerprint density at radius 2 is 1.61 bits per heavy atom. The number of piperidine rings is 1. The number of anilines is 2. The summed E-state index contributed by atoms with van der Waals surface area (Å²) < 4.78 is 0. The summed E-state index contributed by atoms with van der Waals surface area (Å²) in [7, 11) is 0. The van der Waals surface area contributed by atoms with Crippen molar-refractivity contribution in [2.24, 2.45) is 0 Å². The van der Waals surface area contributed by atoms with Gasteiger partial charge in [0.15, 0.2) is 0 Å². The van der Waals surface area contributed by atoms with Gasteiger partial charge in [-0.15, -0.1) is 0 Å². The highest BCUT2D eigenvalue weighted by molar-refractivity contribution is 6.13. The number of hydrogen-bond acceptors (Lipinski definition) is 5. The molecule has 1 amide bonds. The molecule has 2 heterocycles. The number of rotatable bonds is 2. The van der Waals surface area contributed by atoms with Gasteiger partial charge in [0.05, 0.1) is 16.2 Å². The summed E-state index contributed by atoms with van der Waals surface area (Å²) in [5, 5.41) is 23.7. The third-order valence-electron chi connectivity index (χ3n) is 6.26. The van der Waals surface area contributed by atoms with Crippen LogP contribution in [-0.2, 0) is 0 Å². The molecular weight excluding hydrogens is 416 g/mol. The molecule has 2 aliphatic heterocycles. The van der Waals surface area contributed by atoms with Crippen LogP contribution in [0.4, 0.5) is 17.1 Å². The highest BCUT2D eigenvalue weighted by Crippen LogP contribution is 2.40. The summed E-state index contributed by atoms with van der Waals surface area (Å²) in [5.74, 6) is -0.115. The van der Waals surface area contributed by atoms with Gasteiger partial charge in [-0.05, 0) is 42.2 Å². The second-order valence-corrected chi connectivity index (χ2v) is 8.08. The summed E-state index contributed by atoms with van der Waals surface area (Å²) in [6.45, 7) is 1.36. The van der Waals surface area contributed by atoms with E-state index in [1.54, 1.807) is 6.07 Å². The summed E-state index contributed by atoms with van der Waals surface area (Å²) in [6, 6.07) is 22.1. The lowest BCUT2D eigenvalue weighted by Gasteiger charge is -2.32. The first kappa shape index (κ1) is 20.5. The van der Waals surface area contributed by atoms with Gasteiger partial charge in [-0.25, -0.2) is 0 Å². The molecule has 1 N–H and O–H groups in total. The number of hydrogen-bond donors (Lipinski definition) is 1. The zero-order chi connectivity index (χ0) is 22.9. The topological polar surface area (TPSA) is 99.3 Å². The molecule has 3 aromatic rings. The Morgan fingerprint density at radius 3 is 2.30 bits per heavy atom. The van der Waals surface area contributed by atoms with E-state index >= 15 is 0 Å². The normalized spacial score (nSPS) is 15.1. The van der Waals surface area contributed by atoms with E-state index in [1.165, 1.54) is 17.7 Å². The van der Waals surface area contributed by atoms with Gasteiger partial charge in [0.2, 0.25) is 0 Å². The lowest BCUT2D eigenvalue weighted by Crippen LogP contribution is -2.31. The van der Waals surface area contributed by atoms with Crippen LogP contribution in [0.3, 0.4) is 0 Å². The average molecular weight is 436 g/mol. The quantitative estimate of drug-likeness (QED) is 0.443. The molecule has 7 nitrogen and oxygen atoms in total. The fourth-order valence-corrected chi connectivity index (χ4v) is 4.70. The molecule has 0 aliphatic carbocycles. The van der Waals surface area contributed by atoms with Crippen molar-refractivity contribution in [3.63, 3.8) is 0 Å². The summed E-state index contributed by atoms with van der Waals surface area (Å²) in [4.78, 5) is 25.5.